The van der Waals surface area contributed by atoms with Crippen molar-refractivity contribution in [1.29, 1.82) is 0 Å². The van der Waals surface area contributed by atoms with Crippen LogP contribution in [-0.2, 0) is 4.74 Å². The maximum Gasteiger partial charge on any atom is 0.197 e. The zero-order valence-corrected chi connectivity index (χ0v) is 17.1. The van der Waals surface area contributed by atoms with E-state index in [-0.39, 0.29) is 5.56 Å². The third kappa shape index (κ3) is 15.6. The van der Waals surface area contributed by atoms with E-state index in [0.29, 0.717) is 0 Å². The largest absolute Gasteiger partial charge is 0.466 e. The van der Waals surface area contributed by atoms with Crippen molar-refractivity contribution in [3.8, 4) is 5.75 Å². The van der Waals surface area contributed by atoms with Gasteiger partial charge in [-0.25, -0.2) is 0 Å². The van der Waals surface area contributed by atoms with Crippen LogP contribution in [-0.4, -0.2) is 43.3 Å². The van der Waals surface area contributed by atoms with Crippen LogP contribution in [0.2, 0.25) is 0 Å². The molecule has 0 saturated heterocycles. The summed E-state index contributed by atoms with van der Waals surface area (Å²) in [5.74, 6) is 0.746. The van der Waals surface area contributed by atoms with Gasteiger partial charge in [-0.3, -0.25) is 9.88 Å². The molecule has 0 spiro atoms. The van der Waals surface area contributed by atoms with Crippen molar-refractivity contribution in [3.05, 3.63) is 48.3 Å². The van der Waals surface area contributed by atoms with Crippen LogP contribution in [0, 0.1) is 6.92 Å². The number of rotatable bonds is 5. The molecule has 24 heavy (non-hydrogen) atoms. The first-order chi connectivity index (χ1) is 11.5. The molecule has 0 aromatic carbocycles. The second-order valence-corrected chi connectivity index (χ2v) is 5.30. The van der Waals surface area contributed by atoms with E-state index in [0.717, 1.165) is 24.3 Å². The second kappa shape index (κ2) is 18.0. The normalized spacial score (nSPS) is 10.4. The third-order valence-electron chi connectivity index (χ3n) is 2.42. The number of thiol groups is 1. The number of aryl methyl sites for hydroxylation is 1. The number of methoxy groups -OCH3 is 1. The van der Waals surface area contributed by atoms with E-state index in [9.17, 15) is 0 Å². The molecule has 1 unspecified atom stereocenters. The lowest BCUT2D eigenvalue weighted by molar-refractivity contribution is 0.147. The molecule has 0 aliphatic rings. The second-order valence-electron chi connectivity index (χ2n) is 4.86. The molecule has 0 N–H and O–H groups in total. The maximum atomic E-state index is 5.65. The Kier molecular flexibility index (Phi) is 18.8. The van der Waals surface area contributed by atoms with Crippen LogP contribution in [0.1, 0.15) is 32.8 Å². The molecule has 5 heteroatoms. The van der Waals surface area contributed by atoms with E-state index >= 15 is 0 Å². The molecule has 1 rings (SSSR count). The van der Waals surface area contributed by atoms with Crippen molar-refractivity contribution in [1.82, 2.24) is 9.88 Å². The zero-order valence-electron chi connectivity index (χ0n) is 16.2. The summed E-state index contributed by atoms with van der Waals surface area (Å²) in [6.07, 6.45) is 4.65. The Labute approximate surface area is 153 Å². The summed E-state index contributed by atoms with van der Waals surface area (Å²) < 4.78 is 10.3. The fraction of sp³-hybridized carbons (Fsp3) is 0.526. The van der Waals surface area contributed by atoms with Gasteiger partial charge >= 0.3 is 0 Å². The molecular formula is C19H34N2O2S. The van der Waals surface area contributed by atoms with E-state index in [1.165, 1.54) is 0 Å². The summed E-state index contributed by atoms with van der Waals surface area (Å²) in [6, 6.07) is 9.51. The molecule has 138 valence electrons. The number of hydrogen-bond acceptors (Lipinski definition) is 5. The van der Waals surface area contributed by atoms with Gasteiger partial charge in [-0.2, -0.15) is 0 Å². The van der Waals surface area contributed by atoms with Gasteiger partial charge in [-0.15, -0.1) is 12.6 Å². The van der Waals surface area contributed by atoms with Crippen LogP contribution < -0.4 is 4.74 Å². The van der Waals surface area contributed by atoms with Gasteiger partial charge in [0.1, 0.15) is 5.75 Å². The highest BCUT2D eigenvalue weighted by Crippen LogP contribution is 2.11. The average Bonchev–Trinajstić information content (AvgIpc) is 2.57. The highest BCUT2D eigenvalue weighted by Gasteiger charge is 2.04. The van der Waals surface area contributed by atoms with Crippen LogP contribution in [0.4, 0.5) is 0 Å². The summed E-state index contributed by atoms with van der Waals surface area (Å²) >= 11 is 4.32. The van der Waals surface area contributed by atoms with Gasteiger partial charge in [-0.1, -0.05) is 32.9 Å². The molecule has 1 aromatic heterocycles. The summed E-state index contributed by atoms with van der Waals surface area (Å²) in [4.78, 5) is 6.00. The van der Waals surface area contributed by atoms with Crippen molar-refractivity contribution < 1.29 is 9.47 Å². The monoisotopic (exact) mass is 354 g/mol. The molecule has 0 saturated carbocycles. The number of aromatic nitrogens is 1. The van der Waals surface area contributed by atoms with Gasteiger partial charge in [0.25, 0.3) is 0 Å². The zero-order chi connectivity index (χ0) is 18.8. The Morgan fingerprint density at radius 3 is 2.29 bits per heavy atom. The van der Waals surface area contributed by atoms with E-state index < -0.39 is 0 Å². The maximum absolute atomic E-state index is 5.65. The predicted molar refractivity (Wildman–Crippen MR) is 107 cm³/mol. The molecule has 0 fully saturated rings. The summed E-state index contributed by atoms with van der Waals surface area (Å²) in [7, 11) is 5.53. The van der Waals surface area contributed by atoms with Crippen LogP contribution in [0.25, 0.3) is 0 Å². The van der Waals surface area contributed by atoms with Crippen LogP contribution in [0.3, 0.4) is 0 Å². The van der Waals surface area contributed by atoms with E-state index in [1.807, 2.05) is 76.3 Å². The van der Waals surface area contributed by atoms with Gasteiger partial charge in [0.15, 0.2) is 5.56 Å². The molecule has 1 aromatic rings. The molecule has 0 radical (unpaired) electrons. The molecule has 0 aliphatic heterocycles. The van der Waals surface area contributed by atoms with Gasteiger partial charge in [-0.05, 0) is 51.2 Å². The smallest absolute Gasteiger partial charge is 0.197 e. The molecule has 1 atom stereocenters. The van der Waals surface area contributed by atoms with Crippen molar-refractivity contribution in [3.63, 3.8) is 0 Å². The molecule has 0 amide bonds. The van der Waals surface area contributed by atoms with Crippen molar-refractivity contribution >= 4 is 12.6 Å². The van der Waals surface area contributed by atoms with Crippen LogP contribution in [0.15, 0.2) is 42.7 Å². The minimum Gasteiger partial charge on any atom is -0.466 e. The predicted octanol–water partition coefficient (Wildman–Crippen LogP) is 4.74. The van der Waals surface area contributed by atoms with Gasteiger partial charge in [0.05, 0.1) is 0 Å². The van der Waals surface area contributed by atoms with Crippen molar-refractivity contribution in [2.45, 2.75) is 39.7 Å². The van der Waals surface area contributed by atoms with Gasteiger partial charge < -0.3 is 9.47 Å². The first kappa shape index (κ1) is 24.9. The van der Waals surface area contributed by atoms with Crippen LogP contribution in [0.5, 0.6) is 5.75 Å². The van der Waals surface area contributed by atoms with Crippen molar-refractivity contribution in [2.24, 2.45) is 0 Å². The molecule has 0 bridgehead atoms. The standard InChI is InChI=1S/C13H18N2OS.C4H10O.C2H6/c1-11-6-4-7-12(8-5-9-14-10-11)16-13(17)15(2)3;1-3-4-5-2;1-2/h4-10,13,17H,1-3H3;3-4H2,1-2H3;1-2H3. The summed E-state index contributed by atoms with van der Waals surface area (Å²) in [6.45, 7) is 8.97. The average molecular weight is 355 g/mol. The van der Waals surface area contributed by atoms with E-state index in [4.69, 9.17) is 9.47 Å². The lowest BCUT2D eigenvalue weighted by Crippen LogP contribution is -2.27. The molecular weight excluding hydrogens is 320 g/mol. The first-order valence-electron chi connectivity index (χ1n) is 8.26. The highest BCUT2D eigenvalue weighted by molar-refractivity contribution is 7.80. The Bertz CT molecular complexity index is 453. The van der Waals surface area contributed by atoms with Gasteiger partial charge in [0, 0.05) is 26.1 Å². The number of nitrogens with zero attached hydrogens (tertiary/aromatic N) is 2. The number of ether oxygens (including phenoxy) is 2. The lowest BCUT2D eigenvalue weighted by atomic mass is 10.3. The fourth-order valence-corrected chi connectivity index (χ4v) is 1.37. The summed E-state index contributed by atoms with van der Waals surface area (Å²) in [5, 5.41) is 0. The van der Waals surface area contributed by atoms with E-state index in [1.54, 1.807) is 13.3 Å². The SMILES string of the molecule is CC.CCCOC.Cc1cccc(OC(S)N(C)C)cccnc1. The Morgan fingerprint density at radius 2 is 1.79 bits per heavy atom. The lowest BCUT2D eigenvalue weighted by Gasteiger charge is -2.19. The van der Waals surface area contributed by atoms with E-state index in [2.05, 4.69) is 24.5 Å². The van der Waals surface area contributed by atoms with Crippen LogP contribution >= 0.6 is 12.6 Å². The minimum atomic E-state index is -0.268. The highest BCUT2D eigenvalue weighted by atomic mass is 32.1. The molecule has 0 aliphatic carbocycles. The Balaban J connectivity index is 0. The van der Waals surface area contributed by atoms with Gasteiger partial charge in [0.2, 0.25) is 0 Å². The molecule has 4 nitrogen and oxygen atoms in total. The third-order valence-corrected chi connectivity index (χ3v) is 2.99. The number of hydrogen-bond donors (Lipinski definition) is 1. The fourth-order valence-electron chi connectivity index (χ4n) is 1.25. The van der Waals surface area contributed by atoms with Crippen molar-refractivity contribution in [2.75, 3.05) is 27.8 Å². The quantitative estimate of drug-likeness (QED) is 0.612. The molecule has 1 heterocycles. The Morgan fingerprint density at radius 1 is 1.17 bits per heavy atom. The Hall–Kier alpha value is -1.30. The topological polar surface area (TPSA) is 34.6 Å². The minimum absolute atomic E-state index is 0.268. The first-order valence-corrected chi connectivity index (χ1v) is 8.78. The summed E-state index contributed by atoms with van der Waals surface area (Å²) in [5.41, 5.74) is 0.818.